The molecule has 3 rings (SSSR count). The molecule has 2 N–H and O–H groups in total. The van der Waals surface area contributed by atoms with E-state index in [0.29, 0.717) is 17.6 Å². The van der Waals surface area contributed by atoms with Gasteiger partial charge in [-0.25, -0.2) is 0 Å². The minimum atomic E-state index is -0.302. The summed E-state index contributed by atoms with van der Waals surface area (Å²) in [6.07, 6.45) is 14.6. The lowest BCUT2D eigenvalue weighted by Crippen LogP contribution is -2.40. The Bertz CT molecular complexity index is 815. The Labute approximate surface area is 203 Å². The number of hydrogen-bond acceptors (Lipinski definition) is 2. The molecule has 1 aromatic carbocycles. The molecule has 0 saturated heterocycles. The van der Waals surface area contributed by atoms with Gasteiger partial charge in [0.25, 0.3) is 0 Å². The fourth-order valence-corrected chi connectivity index (χ4v) is 6.69. The number of rotatable bonds is 12. The Balaban J connectivity index is 1.84. The van der Waals surface area contributed by atoms with E-state index < -0.39 is 0 Å². The van der Waals surface area contributed by atoms with Gasteiger partial charge in [0.1, 0.15) is 0 Å². The first-order valence-corrected chi connectivity index (χ1v) is 13.6. The molecule has 2 fully saturated rings. The molecule has 2 saturated carbocycles. The average Bonchev–Trinajstić information content (AvgIpc) is 3.07. The third kappa shape index (κ3) is 5.47. The van der Waals surface area contributed by atoms with Crippen molar-refractivity contribution in [3.63, 3.8) is 0 Å². The van der Waals surface area contributed by atoms with Crippen LogP contribution in [0, 0.1) is 22.7 Å². The van der Waals surface area contributed by atoms with Crippen LogP contribution in [0.25, 0.3) is 0 Å². The van der Waals surface area contributed by atoms with Gasteiger partial charge in [-0.1, -0.05) is 103 Å². The predicted octanol–water partition coefficient (Wildman–Crippen LogP) is 8.22. The number of allylic oxidation sites excluding steroid dienone is 2. The highest BCUT2D eigenvalue weighted by atomic mass is 16.1. The molecule has 33 heavy (non-hydrogen) atoms. The van der Waals surface area contributed by atoms with Crippen LogP contribution in [0.3, 0.4) is 0 Å². The van der Waals surface area contributed by atoms with Gasteiger partial charge < -0.3 is 5.73 Å². The molecule has 0 heterocycles. The van der Waals surface area contributed by atoms with Gasteiger partial charge in [-0.05, 0) is 67.9 Å². The molecule has 2 bridgehead atoms. The zero-order valence-electron chi connectivity index (χ0n) is 22.3. The van der Waals surface area contributed by atoms with Crippen molar-refractivity contribution in [3.05, 3.63) is 47.5 Å². The summed E-state index contributed by atoms with van der Waals surface area (Å²) in [5, 5.41) is 0. The summed E-state index contributed by atoms with van der Waals surface area (Å²) < 4.78 is 0. The number of hydrogen-bond donors (Lipinski definition) is 1. The number of fused-ring (bicyclic) bond motifs is 2. The predicted molar refractivity (Wildman–Crippen MR) is 141 cm³/mol. The van der Waals surface area contributed by atoms with Gasteiger partial charge in [0.15, 0.2) is 5.78 Å². The summed E-state index contributed by atoms with van der Waals surface area (Å²) >= 11 is 0. The zero-order valence-corrected chi connectivity index (χ0v) is 22.3. The molecule has 0 amide bonds. The molecule has 0 radical (unpaired) electrons. The first-order chi connectivity index (χ1) is 15.5. The molecular formula is C31H49NO. The summed E-state index contributed by atoms with van der Waals surface area (Å²) in [5.74, 6) is 1.53. The molecule has 2 aliphatic carbocycles. The van der Waals surface area contributed by atoms with Gasteiger partial charge in [0, 0.05) is 16.9 Å². The summed E-state index contributed by atoms with van der Waals surface area (Å²) in [5.41, 5.74) is 8.80. The summed E-state index contributed by atoms with van der Waals surface area (Å²) in [6.45, 7) is 13.5. The molecule has 2 heteroatoms. The fourth-order valence-electron chi connectivity index (χ4n) is 6.69. The van der Waals surface area contributed by atoms with Crippen molar-refractivity contribution in [2.75, 3.05) is 0 Å². The highest BCUT2D eigenvalue weighted by Gasteiger charge is 2.63. The second kappa shape index (κ2) is 10.5. The first-order valence-electron chi connectivity index (χ1n) is 13.6. The van der Waals surface area contributed by atoms with Gasteiger partial charge in [0.2, 0.25) is 0 Å². The van der Waals surface area contributed by atoms with Crippen molar-refractivity contribution in [1.29, 1.82) is 0 Å². The van der Waals surface area contributed by atoms with Crippen LogP contribution in [0.2, 0.25) is 0 Å². The molecule has 184 valence electrons. The van der Waals surface area contributed by atoms with Crippen molar-refractivity contribution in [2.24, 2.45) is 28.4 Å². The monoisotopic (exact) mass is 451 g/mol. The standard InChI is InChI=1S/C31H49NO/c1-7-8-9-10-11-13-16-23(22-27(30(4,5)32)24-17-14-12-15-18-24)21-25-26-19-20-31(6,28(25)33)29(26,2)3/h12,14-15,17-18,21,23,26-27H,7-11,13,16,19-20,22,32H2,1-6H3. The van der Waals surface area contributed by atoms with Crippen LogP contribution in [-0.2, 0) is 4.79 Å². The first kappa shape index (κ1) is 26.2. The lowest BCUT2D eigenvalue weighted by atomic mass is 9.70. The topological polar surface area (TPSA) is 43.1 Å². The number of Topliss-reactive ketones (excluding diaryl/α,β-unsaturated/α-hetero) is 1. The van der Waals surface area contributed by atoms with Crippen molar-refractivity contribution < 1.29 is 4.79 Å². The van der Waals surface area contributed by atoms with Crippen LogP contribution >= 0.6 is 0 Å². The number of carbonyl (C=O) groups excluding carboxylic acids is 1. The second-order valence-corrected chi connectivity index (χ2v) is 12.4. The van der Waals surface area contributed by atoms with Crippen LogP contribution in [0.15, 0.2) is 42.0 Å². The summed E-state index contributed by atoms with van der Waals surface area (Å²) in [6, 6.07) is 10.8. The molecule has 4 atom stereocenters. The van der Waals surface area contributed by atoms with E-state index in [1.54, 1.807) is 0 Å². The number of benzene rings is 1. The second-order valence-electron chi connectivity index (χ2n) is 12.4. The summed E-state index contributed by atoms with van der Waals surface area (Å²) in [4.78, 5) is 13.5. The lowest BCUT2D eigenvalue weighted by molar-refractivity contribution is -0.125. The van der Waals surface area contributed by atoms with Crippen LogP contribution < -0.4 is 5.73 Å². The molecule has 2 aliphatic rings. The molecule has 4 unspecified atom stereocenters. The van der Waals surface area contributed by atoms with Crippen molar-refractivity contribution in [2.45, 2.75) is 117 Å². The van der Waals surface area contributed by atoms with E-state index in [9.17, 15) is 4.79 Å². The Hall–Kier alpha value is -1.41. The van der Waals surface area contributed by atoms with Crippen LogP contribution in [0.1, 0.15) is 117 Å². The fraction of sp³-hybridized carbons (Fsp3) is 0.710. The van der Waals surface area contributed by atoms with Gasteiger partial charge >= 0.3 is 0 Å². The van der Waals surface area contributed by atoms with E-state index in [-0.39, 0.29) is 22.3 Å². The maximum Gasteiger partial charge on any atom is 0.165 e. The van der Waals surface area contributed by atoms with E-state index in [4.69, 9.17) is 5.73 Å². The van der Waals surface area contributed by atoms with Gasteiger partial charge in [-0.3, -0.25) is 4.79 Å². The Morgan fingerprint density at radius 1 is 1.06 bits per heavy atom. The third-order valence-electron chi connectivity index (χ3n) is 9.35. The number of carbonyl (C=O) groups is 1. The van der Waals surface area contributed by atoms with Crippen molar-refractivity contribution >= 4 is 5.78 Å². The Morgan fingerprint density at radius 3 is 2.27 bits per heavy atom. The van der Waals surface area contributed by atoms with Crippen LogP contribution in [0.4, 0.5) is 0 Å². The lowest BCUT2D eigenvalue weighted by Gasteiger charge is -2.34. The maximum absolute atomic E-state index is 13.5. The smallest absolute Gasteiger partial charge is 0.165 e. The largest absolute Gasteiger partial charge is 0.325 e. The van der Waals surface area contributed by atoms with Gasteiger partial charge in [-0.15, -0.1) is 0 Å². The molecule has 0 aliphatic heterocycles. The van der Waals surface area contributed by atoms with Crippen molar-refractivity contribution in [3.8, 4) is 0 Å². The number of unbranched alkanes of at least 4 members (excludes halogenated alkanes) is 5. The highest BCUT2D eigenvalue weighted by molar-refractivity contribution is 6.04. The van der Waals surface area contributed by atoms with Gasteiger partial charge in [0.05, 0.1) is 0 Å². The van der Waals surface area contributed by atoms with Crippen LogP contribution in [0.5, 0.6) is 0 Å². The number of nitrogens with two attached hydrogens (primary N) is 1. The average molecular weight is 452 g/mol. The number of ketones is 1. The molecular weight excluding hydrogens is 402 g/mol. The summed E-state index contributed by atoms with van der Waals surface area (Å²) in [7, 11) is 0. The van der Waals surface area contributed by atoms with E-state index in [1.807, 2.05) is 0 Å². The Morgan fingerprint density at radius 2 is 1.70 bits per heavy atom. The quantitative estimate of drug-likeness (QED) is 0.257. The molecule has 2 nitrogen and oxygen atoms in total. The molecule has 0 aromatic heterocycles. The highest BCUT2D eigenvalue weighted by Crippen LogP contribution is 2.65. The van der Waals surface area contributed by atoms with Crippen LogP contribution in [-0.4, -0.2) is 11.3 Å². The Kier molecular flexibility index (Phi) is 8.31. The van der Waals surface area contributed by atoms with E-state index in [0.717, 1.165) is 31.3 Å². The van der Waals surface area contributed by atoms with E-state index in [1.165, 1.54) is 44.1 Å². The molecule has 1 aromatic rings. The zero-order chi connectivity index (χ0) is 24.3. The maximum atomic E-state index is 13.5. The van der Waals surface area contributed by atoms with E-state index in [2.05, 4.69) is 78.0 Å². The minimum Gasteiger partial charge on any atom is -0.325 e. The third-order valence-corrected chi connectivity index (χ3v) is 9.35. The minimum absolute atomic E-state index is 0.0760. The normalized spacial score (nSPS) is 27.3. The molecule has 0 spiro atoms. The van der Waals surface area contributed by atoms with E-state index >= 15 is 0 Å². The van der Waals surface area contributed by atoms with Gasteiger partial charge in [-0.2, -0.15) is 0 Å². The SMILES string of the molecule is CCCCCCCCC(C=C1C(=O)C2(C)CCC1C2(C)C)CC(c1ccccc1)C(C)(C)N. The van der Waals surface area contributed by atoms with Crippen molar-refractivity contribution in [1.82, 2.24) is 0 Å².